The van der Waals surface area contributed by atoms with Crippen LogP contribution in [0.25, 0.3) is 0 Å². The van der Waals surface area contributed by atoms with E-state index in [9.17, 15) is 9.59 Å². The van der Waals surface area contributed by atoms with Crippen LogP contribution >= 0.6 is 0 Å². The van der Waals surface area contributed by atoms with Crippen molar-refractivity contribution in [1.82, 2.24) is 0 Å². The number of hydrogen-bond acceptors (Lipinski definition) is 2. The molecule has 1 saturated carbocycles. The van der Waals surface area contributed by atoms with E-state index in [2.05, 4.69) is 37.3 Å². The van der Waals surface area contributed by atoms with Crippen LogP contribution in [0.5, 0.6) is 0 Å². The first-order valence-corrected chi connectivity index (χ1v) is 14.5. The van der Waals surface area contributed by atoms with E-state index in [-0.39, 0.29) is 5.92 Å². The van der Waals surface area contributed by atoms with Gasteiger partial charge < -0.3 is 10.2 Å². The van der Waals surface area contributed by atoms with Crippen molar-refractivity contribution >= 4 is 11.9 Å². The van der Waals surface area contributed by atoms with Crippen molar-refractivity contribution in [2.45, 2.75) is 141 Å². The summed E-state index contributed by atoms with van der Waals surface area (Å²) in [5.41, 5.74) is 1.52. The number of carboxylic acid groups (broad SMARTS) is 2. The Morgan fingerprint density at radius 1 is 0.743 bits per heavy atom. The second-order valence-corrected chi connectivity index (χ2v) is 10.4. The molecule has 0 saturated heterocycles. The minimum Gasteiger partial charge on any atom is -0.481 e. The largest absolute Gasteiger partial charge is 0.481 e. The van der Waals surface area contributed by atoms with Crippen molar-refractivity contribution < 1.29 is 19.8 Å². The first-order chi connectivity index (χ1) is 17.0. The highest BCUT2D eigenvalue weighted by Gasteiger charge is 2.19. The monoisotopic (exact) mass is 488 g/mol. The van der Waals surface area contributed by atoms with E-state index in [1.165, 1.54) is 89.0 Å². The van der Waals surface area contributed by atoms with Crippen molar-refractivity contribution in [3.05, 3.63) is 35.9 Å². The number of benzene rings is 1. The Balaban J connectivity index is 0.000000566. The lowest BCUT2D eigenvalue weighted by atomic mass is 9.88. The Labute approximate surface area is 214 Å². The summed E-state index contributed by atoms with van der Waals surface area (Å²) in [6.45, 7) is 2.28. The lowest BCUT2D eigenvalue weighted by Gasteiger charge is -2.17. The zero-order chi connectivity index (χ0) is 25.6. The molecule has 1 aliphatic rings. The summed E-state index contributed by atoms with van der Waals surface area (Å²) in [5, 5.41) is 17.2. The Morgan fingerprint density at radius 3 is 1.74 bits per heavy atom. The molecule has 2 rings (SSSR count). The van der Waals surface area contributed by atoms with Gasteiger partial charge in [0.25, 0.3) is 0 Å². The molecule has 0 radical (unpaired) electrons. The molecule has 0 amide bonds. The van der Waals surface area contributed by atoms with Crippen molar-refractivity contribution in [2.24, 2.45) is 5.92 Å². The summed E-state index contributed by atoms with van der Waals surface area (Å²) < 4.78 is 0. The molecule has 0 aliphatic heterocycles. The summed E-state index contributed by atoms with van der Waals surface area (Å²) in [4.78, 5) is 20.9. The van der Waals surface area contributed by atoms with Gasteiger partial charge in [0.05, 0.1) is 5.92 Å². The summed E-state index contributed by atoms with van der Waals surface area (Å²) in [6, 6.07) is 11.1. The van der Waals surface area contributed by atoms with Gasteiger partial charge in [0.1, 0.15) is 0 Å². The molecule has 1 unspecified atom stereocenters. The van der Waals surface area contributed by atoms with Crippen LogP contribution < -0.4 is 0 Å². The summed E-state index contributed by atoms with van der Waals surface area (Å²) in [6.07, 6.45) is 23.3. The average Bonchev–Trinajstić information content (AvgIpc) is 2.87. The lowest BCUT2D eigenvalue weighted by Crippen LogP contribution is -2.16. The van der Waals surface area contributed by atoms with Crippen molar-refractivity contribution in [1.29, 1.82) is 0 Å². The van der Waals surface area contributed by atoms with E-state index in [4.69, 9.17) is 10.2 Å². The van der Waals surface area contributed by atoms with Crippen LogP contribution in [0.1, 0.15) is 147 Å². The van der Waals surface area contributed by atoms with E-state index >= 15 is 0 Å². The van der Waals surface area contributed by atoms with Gasteiger partial charge in [0, 0.05) is 6.42 Å². The van der Waals surface area contributed by atoms with E-state index in [1.54, 1.807) is 0 Å². The molecule has 1 aliphatic carbocycles. The van der Waals surface area contributed by atoms with Crippen LogP contribution in [0, 0.1) is 5.92 Å². The fraction of sp³-hybridized carbons (Fsp3) is 0.742. The van der Waals surface area contributed by atoms with Crippen LogP contribution in [0.4, 0.5) is 0 Å². The van der Waals surface area contributed by atoms with Crippen molar-refractivity contribution in [3.8, 4) is 0 Å². The maximum atomic E-state index is 10.5. The number of rotatable bonds is 18. The van der Waals surface area contributed by atoms with Gasteiger partial charge in [0.2, 0.25) is 0 Å². The van der Waals surface area contributed by atoms with E-state index in [0.29, 0.717) is 6.42 Å². The second-order valence-electron chi connectivity index (χ2n) is 10.4. The molecule has 35 heavy (non-hydrogen) atoms. The number of carboxylic acids is 2. The quantitative estimate of drug-likeness (QED) is 0.202. The minimum absolute atomic E-state index is 0.0289. The summed E-state index contributed by atoms with van der Waals surface area (Å²) >= 11 is 0. The third-order valence-electron chi connectivity index (χ3n) is 7.32. The zero-order valence-electron chi connectivity index (χ0n) is 22.4. The molecule has 4 nitrogen and oxygen atoms in total. The first kappa shape index (κ1) is 31.2. The van der Waals surface area contributed by atoms with Crippen molar-refractivity contribution in [3.63, 3.8) is 0 Å². The predicted octanol–water partition coefficient (Wildman–Crippen LogP) is 9.38. The van der Waals surface area contributed by atoms with Crippen LogP contribution in [-0.4, -0.2) is 22.2 Å². The standard InChI is InChI=1S/C24H40O2.C7H12O2/c1-2-3-4-5-8-12-17-22(23-19-14-11-15-20-23)18-13-9-6-7-10-16-21-24(25)26;8-7(9)6-4-2-1-3-5-6/h11,14-15,19-20,22H,2-10,12-13,16-18,21H2,1H3,(H,25,26);6H,1-5H2,(H,8,9). The molecule has 0 heterocycles. The molecule has 0 aromatic heterocycles. The third-order valence-corrected chi connectivity index (χ3v) is 7.32. The van der Waals surface area contributed by atoms with Crippen LogP contribution in [0.2, 0.25) is 0 Å². The van der Waals surface area contributed by atoms with Gasteiger partial charge in [-0.25, -0.2) is 0 Å². The van der Waals surface area contributed by atoms with E-state index in [0.717, 1.165) is 44.4 Å². The number of unbranched alkanes of at least 4 members (excludes halogenated alkanes) is 10. The third kappa shape index (κ3) is 17.3. The number of aliphatic carboxylic acids is 2. The number of hydrogen-bond donors (Lipinski definition) is 2. The van der Waals surface area contributed by atoms with Crippen LogP contribution in [0.15, 0.2) is 30.3 Å². The summed E-state index contributed by atoms with van der Waals surface area (Å²) in [7, 11) is 0. The highest BCUT2D eigenvalue weighted by Crippen LogP contribution is 2.28. The molecular formula is C31H52O4. The highest BCUT2D eigenvalue weighted by molar-refractivity contribution is 5.69. The average molecular weight is 489 g/mol. The van der Waals surface area contributed by atoms with Crippen LogP contribution in [-0.2, 0) is 9.59 Å². The van der Waals surface area contributed by atoms with Gasteiger partial charge in [-0.15, -0.1) is 0 Å². The topological polar surface area (TPSA) is 74.6 Å². The highest BCUT2D eigenvalue weighted by atomic mass is 16.4. The van der Waals surface area contributed by atoms with Crippen molar-refractivity contribution in [2.75, 3.05) is 0 Å². The lowest BCUT2D eigenvalue weighted by molar-refractivity contribution is -0.142. The van der Waals surface area contributed by atoms with Gasteiger partial charge in [-0.05, 0) is 43.6 Å². The molecule has 1 fully saturated rings. The van der Waals surface area contributed by atoms with Crippen LogP contribution in [0.3, 0.4) is 0 Å². The van der Waals surface area contributed by atoms with Gasteiger partial charge in [0.15, 0.2) is 0 Å². The first-order valence-electron chi connectivity index (χ1n) is 14.5. The molecule has 1 atom stereocenters. The minimum atomic E-state index is -0.662. The Morgan fingerprint density at radius 2 is 1.26 bits per heavy atom. The second kappa shape index (κ2) is 21.4. The maximum Gasteiger partial charge on any atom is 0.306 e. The Hall–Kier alpha value is -1.84. The van der Waals surface area contributed by atoms with E-state index in [1.807, 2.05) is 0 Å². The SMILES string of the molecule is CCCCCCCCC(CCCCCCCCC(=O)O)c1ccccc1.O=C(O)C1CCCCC1. The zero-order valence-corrected chi connectivity index (χ0v) is 22.4. The normalized spacial score (nSPS) is 14.7. The smallest absolute Gasteiger partial charge is 0.306 e. The predicted molar refractivity (Wildman–Crippen MR) is 146 cm³/mol. The van der Waals surface area contributed by atoms with Gasteiger partial charge >= 0.3 is 11.9 Å². The Bertz CT molecular complexity index is 637. The molecule has 0 spiro atoms. The van der Waals surface area contributed by atoms with Gasteiger partial charge in [-0.1, -0.05) is 127 Å². The molecule has 1 aromatic rings. The summed E-state index contributed by atoms with van der Waals surface area (Å²) in [5.74, 6) is -0.576. The van der Waals surface area contributed by atoms with E-state index < -0.39 is 11.9 Å². The molecule has 4 heteroatoms. The fourth-order valence-electron chi connectivity index (χ4n) is 5.10. The molecule has 1 aromatic carbocycles. The van der Waals surface area contributed by atoms with Gasteiger partial charge in [-0.2, -0.15) is 0 Å². The Kier molecular flexibility index (Phi) is 19.1. The maximum absolute atomic E-state index is 10.5. The molecule has 200 valence electrons. The number of carbonyl (C=O) groups is 2. The van der Waals surface area contributed by atoms with Gasteiger partial charge in [-0.3, -0.25) is 9.59 Å². The molecule has 2 N–H and O–H groups in total. The molecule has 0 bridgehead atoms. The molecular weight excluding hydrogens is 436 g/mol. The fourth-order valence-corrected chi connectivity index (χ4v) is 5.10.